The van der Waals surface area contributed by atoms with Crippen LogP contribution < -0.4 is 10.2 Å². The number of anilines is 1. The lowest BCUT2D eigenvalue weighted by molar-refractivity contribution is -0.142. The van der Waals surface area contributed by atoms with Crippen LogP contribution in [0.5, 0.6) is 0 Å². The van der Waals surface area contributed by atoms with Gasteiger partial charge in [0.25, 0.3) is 6.01 Å². The summed E-state index contributed by atoms with van der Waals surface area (Å²) in [7, 11) is 0. The van der Waals surface area contributed by atoms with Crippen molar-refractivity contribution in [2.75, 3.05) is 18.0 Å². The minimum Gasteiger partial charge on any atom is -0.479 e. The number of amides is 1. The molecule has 2 N–H and O–H groups in total. The molecule has 2 aromatic carbocycles. The molecule has 0 aliphatic carbocycles. The van der Waals surface area contributed by atoms with Gasteiger partial charge >= 0.3 is 5.97 Å². The van der Waals surface area contributed by atoms with Crippen LogP contribution >= 0.6 is 0 Å². The number of carbonyl (C=O) groups is 2. The number of carboxylic acid groups (broad SMARTS) is 1. The van der Waals surface area contributed by atoms with Crippen LogP contribution in [-0.4, -0.2) is 35.1 Å². The van der Waals surface area contributed by atoms with Gasteiger partial charge in [-0.15, -0.1) is 0 Å². The molecule has 1 saturated heterocycles. The third-order valence-corrected chi connectivity index (χ3v) is 5.09. The molecule has 144 valence electrons. The number of nitrogens with one attached hydrogen (secondary N) is 1. The Morgan fingerprint density at radius 2 is 1.75 bits per heavy atom. The predicted molar refractivity (Wildman–Crippen MR) is 104 cm³/mol. The summed E-state index contributed by atoms with van der Waals surface area (Å²) in [6.45, 7) is 1.27. The summed E-state index contributed by atoms with van der Waals surface area (Å²) in [5, 5.41) is 12.2. The topological polar surface area (TPSA) is 95.7 Å². The molecule has 7 nitrogen and oxygen atoms in total. The average Bonchev–Trinajstić information content (AvgIpc) is 3.16. The Hall–Kier alpha value is -3.35. The highest BCUT2D eigenvalue weighted by atomic mass is 16.4. The van der Waals surface area contributed by atoms with E-state index in [4.69, 9.17) is 4.42 Å². The van der Waals surface area contributed by atoms with Crippen LogP contribution in [0.4, 0.5) is 6.01 Å². The fourth-order valence-electron chi connectivity index (χ4n) is 3.52. The zero-order chi connectivity index (χ0) is 19.5. The van der Waals surface area contributed by atoms with E-state index in [1.807, 2.05) is 35.2 Å². The number of aliphatic carboxylic acids is 1. The fraction of sp³-hybridized carbons (Fsp3) is 0.286. The number of fused-ring (bicyclic) bond motifs is 1. The number of carboxylic acids is 1. The van der Waals surface area contributed by atoms with Crippen molar-refractivity contribution in [1.82, 2.24) is 10.3 Å². The Kier molecular flexibility index (Phi) is 4.97. The summed E-state index contributed by atoms with van der Waals surface area (Å²) in [6, 6.07) is 15.9. The molecule has 1 unspecified atom stereocenters. The molecule has 0 saturated carbocycles. The van der Waals surface area contributed by atoms with Crippen LogP contribution in [0.25, 0.3) is 11.1 Å². The van der Waals surface area contributed by atoms with Gasteiger partial charge in [-0.2, -0.15) is 4.98 Å². The molecule has 0 bridgehead atoms. The molecular formula is C21H21N3O4. The van der Waals surface area contributed by atoms with Gasteiger partial charge in [0.05, 0.1) is 0 Å². The van der Waals surface area contributed by atoms with E-state index in [2.05, 4.69) is 10.3 Å². The molecule has 1 fully saturated rings. The zero-order valence-electron chi connectivity index (χ0n) is 15.2. The first-order valence-electron chi connectivity index (χ1n) is 9.30. The van der Waals surface area contributed by atoms with E-state index in [1.165, 1.54) is 0 Å². The van der Waals surface area contributed by atoms with Gasteiger partial charge in [0.15, 0.2) is 11.6 Å². The van der Waals surface area contributed by atoms with Crippen molar-refractivity contribution < 1.29 is 19.1 Å². The number of carbonyl (C=O) groups excluding carboxylic acids is 1. The number of rotatable bonds is 5. The van der Waals surface area contributed by atoms with Crippen LogP contribution in [0.2, 0.25) is 0 Å². The van der Waals surface area contributed by atoms with E-state index in [1.54, 1.807) is 24.3 Å². The summed E-state index contributed by atoms with van der Waals surface area (Å²) in [5.41, 5.74) is 2.11. The molecule has 3 aromatic rings. The standard InChI is InChI=1S/C21H21N3O4/c25-19(23-18(20(26)27)14-6-2-1-3-7-14)15-10-12-24(13-11-15)21-22-16-8-4-5-9-17(16)28-21/h1-9,15,18H,10-13H2,(H,23,25)(H,26,27). The second kappa shape index (κ2) is 7.72. The van der Waals surface area contributed by atoms with Gasteiger partial charge in [0, 0.05) is 19.0 Å². The van der Waals surface area contributed by atoms with Gasteiger partial charge in [0.2, 0.25) is 5.91 Å². The number of benzene rings is 2. The minimum absolute atomic E-state index is 0.228. The van der Waals surface area contributed by atoms with Gasteiger partial charge in [-0.3, -0.25) is 4.79 Å². The van der Waals surface area contributed by atoms with Gasteiger partial charge in [-0.05, 0) is 30.5 Å². The number of aromatic nitrogens is 1. The number of nitrogens with zero attached hydrogens (tertiary/aromatic N) is 2. The van der Waals surface area contributed by atoms with Crippen molar-refractivity contribution in [2.24, 2.45) is 5.92 Å². The Bertz CT molecular complexity index is 944. The molecule has 1 aliphatic heterocycles. The lowest BCUT2D eigenvalue weighted by Crippen LogP contribution is -2.43. The Balaban J connectivity index is 1.38. The van der Waals surface area contributed by atoms with Crippen molar-refractivity contribution in [1.29, 1.82) is 0 Å². The number of hydrogen-bond donors (Lipinski definition) is 2. The Morgan fingerprint density at radius 3 is 2.43 bits per heavy atom. The van der Waals surface area contributed by atoms with Crippen LogP contribution in [0, 0.1) is 5.92 Å². The van der Waals surface area contributed by atoms with E-state index in [0.29, 0.717) is 37.5 Å². The molecule has 1 atom stereocenters. The second-order valence-corrected chi connectivity index (χ2v) is 6.92. The molecule has 1 aliphatic rings. The Morgan fingerprint density at radius 1 is 1.07 bits per heavy atom. The monoisotopic (exact) mass is 379 g/mol. The summed E-state index contributed by atoms with van der Waals surface area (Å²) in [6.07, 6.45) is 1.23. The van der Waals surface area contributed by atoms with Crippen LogP contribution in [-0.2, 0) is 9.59 Å². The molecular weight excluding hydrogens is 358 g/mol. The van der Waals surface area contributed by atoms with Gasteiger partial charge < -0.3 is 19.7 Å². The van der Waals surface area contributed by atoms with Crippen LogP contribution in [0.15, 0.2) is 59.0 Å². The first-order chi connectivity index (χ1) is 13.6. The van der Waals surface area contributed by atoms with E-state index in [0.717, 1.165) is 11.1 Å². The van der Waals surface area contributed by atoms with E-state index >= 15 is 0 Å². The maximum atomic E-state index is 12.6. The predicted octanol–water partition coefficient (Wildman–Crippen LogP) is 2.99. The maximum Gasteiger partial charge on any atom is 0.330 e. The van der Waals surface area contributed by atoms with E-state index in [-0.39, 0.29) is 11.8 Å². The van der Waals surface area contributed by atoms with Crippen molar-refractivity contribution in [3.8, 4) is 0 Å². The molecule has 4 rings (SSSR count). The maximum absolute atomic E-state index is 12.6. The molecule has 7 heteroatoms. The summed E-state index contributed by atoms with van der Waals surface area (Å²) < 4.78 is 5.79. The van der Waals surface area contributed by atoms with Gasteiger partial charge in [-0.25, -0.2) is 4.79 Å². The number of para-hydroxylation sites is 2. The fourth-order valence-corrected chi connectivity index (χ4v) is 3.52. The zero-order valence-corrected chi connectivity index (χ0v) is 15.2. The van der Waals surface area contributed by atoms with Gasteiger partial charge in [-0.1, -0.05) is 42.5 Å². The average molecular weight is 379 g/mol. The highest BCUT2D eigenvalue weighted by Gasteiger charge is 2.30. The summed E-state index contributed by atoms with van der Waals surface area (Å²) >= 11 is 0. The first-order valence-corrected chi connectivity index (χ1v) is 9.30. The minimum atomic E-state index is -1.07. The second-order valence-electron chi connectivity index (χ2n) is 6.92. The van der Waals surface area contributed by atoms with Crippen LogP contribution in [0.3, 0.4) is 0 Å². The van der Waals surface area contributed by atoms with Crippen molar-refractivity contribution in [3.05, 3.63) is 60.2 Å². The smallest absolute Gasteiger partial charge is 0.330 e. The SMILES string of the molecule is O=C(NC(C(=O)O)c1ccccc1)C1CCN(c2nc3ccccc3o2)CC1. The third kappa shape index (κ3) is 3.69. The van der Waals surface area contributed by atoms with E-state index in [9.17, 15) is 14.7 Å². The van der Waals surface area contributed by atoms with Crippen LogP contribution in [0.1, 0.15) is 24.4 Å². The molecule has 28 heavy (non-hydrogen) atoms. The highest BCUT2D eigenvalue weighted by Crippen LogP contribution is 2.27. The van der Waals surface area contributed by atoms with E-state index < -0.39 is 12.0 Å². The van der Waals surface area contributed by atoms with Crippen molar-refractivity contribution >= 4 is 29.0 Å². The summed E-state index contributed by atoms with van der Waals surface area (Å²) in [4.78, 5) is 30.8. The van der Waals surface area contributed by atoms with Crippen molar-refractivity contribution in [3.63, 3.8) is 0 Å². The first kappa shape index (κ1) is 18.0. The molecule has 0 radical (unpaired) electrons. The summed E-state index contributed by atoms with van der Waals surface area (Å²) in [5.74, 6) is -1.52. The molecule has 2 heterocycles. The lowest BCUT2D eigenvalue weighted by Gasteiger charge is -2.30. The third-order valence-electron chi connectivity index (χ3n) is 5.09. The number of hydrogen-bond acceptors (Lipinski definition) is 5. The van der Waals surface area contributed by atoms with Crippen molar-refractivity contribution in [2.45, 2.75) is 18.9 Å². The number of piperidine rings is 1. The lowest BCUT2D eigenvalue weighted by atomic mass is 9.95. The normalized spacial score (nSPS) is 16.1. The number of oxazole rings is 1. The highest BCUT2D eigenvalue weighted by molar-refractivity contribution is 5.86. The quantitative estimate of drug-likeness (QED) is 0.708. The largest absolute Gasteiger partial charge is 0.479 e. The molecule has 0 spiro atoms. The molecule has 1 amide bonds. The Labute approximate surface area is 162 Å². The molecule has 1 aromatic heterocycles. The van der Waals surface area contributed by atoms with Gasteiger partial charge in [0.1, 0.15) is 5.52 Å².